The number of carbonyl (C=O) groups is 1. The van der Waals surface area contributed by atoms with Gasteiger partial charge in [0, 0.05) is 4.47 Å². The van der Waals surface area contributed by atoms with E-state index in [9.17, 15) is 4.79 Å². The van der Waals surface area contributed by atoms with Crippen LogP contribution >= 0.6 is 15.9 Å². The van der Waals surface area contributed by atoms with Gasteiger partial charge in [-0.05, 0) is 23.8 Å². The minimum atomic E-state index is -0.285. The Balaban J connectivity index is 1.76. The van der Waals surface area contributed by atoms with Gasteiger partial charge in [-0.15, -0.1) is 0 Å². The van der Waals surface area contributed by atoms with E-state index in [0.717, 1.165) is 10.0 Å². The number of benzene rings is 2. The van der Waals surface area contributed by atoms with E-state index in [2.05, 4.69) is 33.4 Å². The average molecular weight is 347 g/mol. The molecular weight excluding hydrogens is 332 g/mol. The number of amides is 1. The van der Waals surface area contributed by atoms with Crippen LogP contribution in [-0.2, 0) is 4.79 Å². The normalized spacial score (nSPS) is 9.76. The van der Waals surface area contributed by atoms with Crippen molar-refractivity contribution in [3.05, 3.63) is 71.2 Å². The molecule has 2 N–H and O–H groups in total. The first-order valence-electron chi connectivity index (χ1n) is 6.33. The van der Waals surface area contributed by atoms with Crippen LogP contribution in [0.4, 0.5) is 0 Å². The fourth-order valence-electron chi connectivity index (χ4n) is 1.60. The van der Waals surface area contributed by atoms with Crippen LogP contribution in [0.2, 0.25) is 0 Å². The lowest BCUT2D eigenvalue weighted by atomic mass is 10.2. The molecule has 108 valence electrons. The molecule has 4 nitrogen and oxygen atoms in total. The summed E-state index contributed by atoms with van der Waals surface area (Å²) in [7, 11) is 0. The molecule has 0 heterocycles. The summed E-state index contributed by atoms with van der Waals surface area (Å²) < 4.78 is 6.27. The number of hydrazine groups is 1. The maximum atomic E-state index is 11.7. The number of rotatable bonds is 6. The number of nitrogens with one attached hydrogen (secondary N) is 2. The van der Waals surface area contributed by atoms with Gasteiger partial charge in [0.1, 0.15) is 5.75 Å². The van der Waals surface area contributed by atoms with Crippen molar-refractivity contribution in [2.24, 2.45) is 0 Å². The van der Waals surface area contributed by atoms with Crippen LogP contribution in [0.25, 0.3) is 5.70 Å². The Hall–Kier alpha value is -2.27. The summed E-state index contributed by atoms with van der Waals surface area (Å²) in [6, 6.07) is 16.8. The van der Waals surface area contributed by atoms with Crippen molar-refractivity contribution in [1.82, 2.24) is 10.9 Å². The highest BCUT2D eigenvalue weighted by Gasteiger charge is 2.04. The monoisotopic (exact) mass is 346 g/mol. The first-order valence-corrected chi connectivity index (χ1v) is 7.12. The Morgan fingerprint density at radius 3 is 2.57 bits per heavy atom. The third-order valence-corrected chi connectivity index (χ3v) is 3.13. The molecule has 0 aromatic heterocycles. The summed E-state index contributed by atoms with van der Waals surface area (Å²) in [5, 5.41) is 0. The van der Waals surface area contributed by atoms with Crippen molar-refractivity contribution in [3.8, 4) is 5.75 Å². The fourth-order valence-corrected chi connectivity index (χ4v) is 1.98. The number of ether oxygens (including phenoxy) is 1. The molecule has 0 saturated carbocycles. The molecule has 5 heteroatoms. The quantitative estimate of drug-likeness (QED) is 0.790. The molecule has 0 fully saturated rings. The zero-order chi connectivity index (χ0) is 15.1. The van der Waals surface area contributed by atoms with Gasteiger partial charge in [0.15, 0.2) is 6.61 Å². The second-order valence-electron chi connectivity index (χ2n) is 4.26. The standard InChI is InChI=1S/C16H15BrN2O2/c1-12(13-6-3-2-4-7-13)18-19-16(20)11-21-15-9-5-8-14(17)10-15/h2-10,18H,1,11H2,(H,19,20). The highest BCUT2D eigenvalue weighted by Crippen LogP contribution is 2.17. The summed E-state index contributed by atoms with van der Waals surface area (Å²) in [5.41, 5.74) is 6.83. The van der Waals surface area contributed by atoms with E-state index < -0.39 is 0 Å². The van der Waals surface area contributed by atoms with Gasteiger partial charge in [0.05, 0.1) is 5.70 Å². The highest BCUT2D eigenvalue weighted by atomic mass is 79.9. The molecule has 1 amide bonds. The summed E-state index contributed by atoms with van der Waals surface area (Å²) in [4.78, 5) is 11.7. The van der Waals surface area contributed by atoms with Crippen molar-refractivity contribution in [2.45, 2.75) is 0 Å². The summed E-state index contributed by atoms with van der Waals surface area (Å²) in [5.74, 6) is 0.341. The molecule has 0 spiro atoms. The van der Waals surface area contributed by atoms with E-state index in [1.807, 2.05) is 42.5 Å². The summed E-state index contributed by atoms with van der Waals surface area (Å²) in [6.45, 7) is 3.78. The second kappa shape index (κ2) is 7.50. The van der Waals surface area contributed by atoms with Gasteiger partial charge in [-0.3, -0.25) is 15.6 Å². The first kappa shape index (κ1) is 15.1. The molecule has 0 aliphatic rings. The van der Waals surface area contributed by atoms with Crippen LogP contribution in [0.15, 0.2) is 65.6 Å². The van der Waals surface area contributed by atoms with Gasteiger partial charge in [-0.2, -0.15) is 0 Å². The van der Waals surface area contributed by atoms with Crippen LogP contribution < -0.4 is 15.6 Å². The molecule has 2 rings (SSSR count). The Morgan fingerprint density at radius 1 is 1.10 bits per heavy atom. The highest BCUT2D eigenvalue weighted by molar-refractivity contribution is 9.10. The maximum absolute atomic E-state index is 11.7. The molecule has 21 heavy (non-hydrogen) atoms. The van der Waals surface area contributed by atoms with Gasteiger partial charge in [-0.1, -0.05) is 58.9 Å². The average Bonchev–Trinajstić information content (AvgIpc) is 2.51. The number of hydrogen-bond donors (Lipinski definition) is 2. The minimum absolute atomic E-state index is 0.0779. The topological polar surface area (TPSA) is 50.4 Å². The van der Waals surface area contributed by atoms with E-state index in [0.29, 0.717) is 11.4 Å². The van der Waals surface area contributed by atoms with Crippen LogP contribution in [0, 0.1) is 0 Å². The van der Waals surface area contributed by atoms with Crippen molar-refractivity contribution >= 4 is 27.5 Å². The number of carbonyl (C=O) groups excluding carboxylic acids is 1. The smallest absolute Gasteiger partial charge is 0.276 e. The second-order valence-corrected chi connectivity index (χ2v) is 5.18. The zero-order valence-electron chi connectivity index (χ0n) is 11.3. The molecule has 0 saturated heterocycles. The minimum Gasteiger partial charge on any atom is -0.484 e. The van der Waals surface area contributed by atoms with Crippen LogP contribution in [0.5, 0.6) is 5.75 Å². The Kier molecular flexibility index (Phi) is 5.40. The van der Waals surface area contributed by atoms with Crippen molar-refractivity contribution in [3.63, 3.8) is 0 Å². The lowest BCUT2D eigenvalue weighted by Crippen LogP contribution is -2.38. The predicted molar refractivity (Wildman–Crippen MR) is 86.4 cm³/mol. The Labute approximate surface area is 131 Å². The lowest BCUT2D eigenvalue weighted by Gasteiger charge is -2.11. The first-order chi connectivity index (χ1) is 10.1. The molecule has 2 aromatic rings. The van der Waals surface area contributed by atoms with Gasteiger partial charge in [-0.25, -0.2) is 0 Å². The van der Waals surface area contributed by atoms with E-state index in [1.165, 1.54) is 0 Å². The van der Waals surface area contributed by atoms with E-state index in [-0.39, 0.29) is 12.5 Å². The molecule has 0 atom stereocenters. The molecule has 2 aromatic carbocycles. The van der Waals surface area contributed by atoms with Gasteiger partial charge >= 0.3 is 0 Å². The SMILES string of the molecule is C=C(NNC(=O)COc1cccc(Br)c1)c1ccccc1. The van der Waals surface area contributed by atoms with Crippen LogP contribution in [0.3, 0.4) is 0 Å². The maximum Gasteiger partial charge on any atom is 0.276 e. The van der Waals surface area contributed by atoms with E-state index >= 15 is 0 Å². The van der Waals surface area contributed by atoms with Gasteiger partial charge < -0.3 is 4.74 Å². The number of hydrogen-bond acceptors (Lipinski definition) is 3. The van der Waals surface area contributed by atoms with Crippen molar-refractivity contribution in [2.75, 3.05) is 6.61 Å². The zero-order valence-corrected chi connectivity index (χ0v) is 12.9. The molecule has 0 aliphatic carbocycles. The van der Waals surface area contributed by atoms with Crippen molar-refractivity contribution < 1.29 is 9.53 Å². The lowest BCUT2D eigenvalue weighted by molar-refractivity contribution is -0.123. The Morgan fingerprint density at radius 2 is 1.86 bits per heavy atom. The van der Waals surface area contributed by atoms with E-state index in [1.54, 1.807) is 12.1 Å². The third kappa shape index (κ3) is 4.96. The van der Waals surface area contributed by atoms with Crippen molar-refractivity contribution in [1.29, 1.82) is 0 Å². The third-order valence-electron chi connectivity index (χ3n) is 2.64. The largest absolute Gasteiger partial charge is 0.484 e. The molecule has 0 radical (unpaired) electrons. The molecule has 0 bridgehead atoms. The van der Waals surface area contributed by atoms with Crippen LogP contribution in [0.1, 0.15) is 5.56 Å². The van der Waals surface area contributed by atoms with E-state index in [4.69, 9.17) is 4.74 Å². The molecular formula is C16H15BrN2O2. The van der Waals surface area contributed by atoms with Gasteiger partial charge in [0.2, 0.25) is 0 Å². The molecule has 0 unspecified atom stereocenters. The predicted octanol–water partition coefficient (Wildman–Crippen LogP) is 3.12. The van der Waals surface area contributed by atoms with Gasteiger partial charge in [0.25, 0.3) is 5.91 Å². The number of halogens is 1. The fraction of sp³-hybridized carbons (Fsp3) is 0.0625. The van der Waals surface area contributed by atoms with Crippen LogP contribution in [-0.4, -0.2) is 12.5 Å². The summed E-state index contributed by atoms with van der Waals surface area (Å²) in [6.07, 6.45) is 0. The summed E-state index contributed by atoms with van der Waals surface area (Å²) >= 11 is 3.34. The molecule has 0 aliphatic heterocycles. The Bertz CT molecular complexity index is 629.